The molecular weight excluding hydrogens is 459 g/mol. The van der Waals surface area contributed by atoms with Gasteiger partial charge in [-0.15, -0.1) is 4.72 Å². The summed E-state index contributed by atoms with van der Waals surface area (Å²) >= 11 is 1.91. The maximum atomic E-state index is 14.8. The zero-order valence-corrected chi connectivity index (χ0v) is 21.9. The Balaban J connectivity index is 2.36. The topological polar surface area (TPSA) is 57.2 Å². The lowest BCUT2D eigenvalue weighted by Crippen LogP contribution is -2.67. The van der Waals surface area contributed by atoms with E-state index in [1.165, 1.54) is 6.07 Å². The maximum Gasteiger partial charge on any atom is 0.192 e. The molecule has 1 unspecified atom stereocenters. The standard InChI is InChI=1S/C20H34BrFN2O2SSi/c1-17(2,3)27(25)24-20(16-15(22)10-14(21)11-23-16)12-19(7,13-20)26-28(8,9)18(4,5)6/h10-11,24H,12-13H2,1-9H3/t19-,20+,27?. The van der Waals surface area contributed by atoms with Crippen molar-refractivity contribution >= 4 is 35.6 Å². The summed E-state index contributed by atoms with van der Waals surface area (Å²) in [5, 5.41) is 0.0804. The average molecular weight is 494 g/mol. The molecule has 2 rings (SSSR count). The average Bonchev–Trinajstić information content (AvgIpc) is 2.42. The molecule has 160 valence electrons. The Labute approximate surface area is 182 Å². The molecule has 1 aliphatic carbocycles. The van der Waals surface area contributed by atoms with Crippen LogP contribution in [0.5, 0.6) is 0 Å². The second kappa shape index (κ2) is 7.61. The van der Waals surface area contributed by atoms with Crippen molar-refractivity contribution in [2.45, 2.75) is 95.3 Å². The maximum absolute atomic E-state index is 14.8. The van der Waals surface area contributed by atoms with Crippen LogP contribution in [0.15, 0.2) is 16.7 Å². The van der Waals surface area contributed by atoms with Gasteiger partial charge < -0.3 is 8.98 Å². The highest BCUT2D eigenvalue weighted by molar-refractivity contribution is 9.10. The summed E-state index contributed by atoms with van der Waals surface area (Å²) in [6.07, 6.45) is 2.64. The van der Waals surface area contributed by atoms with Crippen LogP contribution in [0.3, 0.4) is 0 Å². The fourth-order valence-electron chi connectivity index (χ4n) is 3.45. The molecule has 0 spiro atoms. The Hall–Kier alpha value is 0.00688. The highest BCUT2D eigenvalue weighted by atomic mass is 79.9. The molecule has 28 heavy (non-hydrogen) atoms. The van der Waals surface area contributed by atoms with Crippen molar-refractivity contribution in [1.82, 2.24) is 9.71 Å². The zero-order chi connectivity index (χ0) is 21.8. The van der Waals surface area contributed by atoms with Crippen molar-refractivity contribution in [1.29, 1.82) is 0 Å². The van der Waals surface area contributed by atoms with Crippen molar-refractivity contribution in [2.24, 2.45) is 0 Å². The van der Waals surface area contributed by atoms with Gasteiger partial charge in [0.05, 0.1) is 5.60 Å². The summed E-state index contributed by atoms with van der Waals surface area (Å²) in [5.74, 6) is -0.401. The molecule has 1 aromatic heterocycles. The largest absolute Gasteiger partial charge is 0.598 e. The predicted molar refractivity (Wildman–Crippen MR) is 121 cm³/mol. The van der Waals surface area contributed by atoms with Crippen LogP contribution in [0.4, 0.5) is 4.39 Å². The van der Waals surface area contributed by atoms with Crippen LogP contribution in [-0.4, -0.2) is 28.2 Å². The van der Waals surface area contributed by atoms with E-state index in [1.807, 2.05) is 20.8 Å². The van der Waals surface area contributed by atoms with Gasteiger partial charge in [0.25, 0.3) is 0 Å². The van der Waals surface area contributed by atoms with Gasteiger partial charge in [0.1, 0.15) is 21.8 Å². The van der Waals surface area contributed by atoms with Crippen molar-refractivity contribution in [2.75, 3.05) is 0 Å². The minimum atomic E-state index is -2.00. The van der Waals surface area contributed by atoms with Crippen LogP contribution < -0.4 is 4.72 Å². The van der Waals surface area contributed by atoms with Gasteiger partial charge >= 0.3 is 0 Å². The van der Waals surface area contributed by atoms with Gasteiger partial charge in [0, 0.05) is 34.9 Å². The van der Waals surface area contributed by atoms with Crippen LogP contribution in [0.2, 0.25) is 18.1 Å². The smallest absolute Gasteiger partial charge is 0.192 e. The van der Waals surface area contributed by atoms with E-state index in [0.29, 0.717) is 23.0 Å². The monoisotopic (exact) mass is 492 g/mol. The van der Waals surface area contributed by atoms with Crippen molar-refractivity contribution < 1.29 is 13.4 Å². The Morgan fingerprint density at radius 1 is 1.25 bits per heavy atom. The minimum absolute atomic E-state index is 0.0804. The number of rotatable bonds is 5. The van der Waals surface area contributed by atoms with Gasteiger partial charge in [-0.3, -0.25) is 4.98 Å². The summed E-state index contributed by atoms with van der Waals surface area (Å²) in [6.45, 7) is 18.8. The van der Waals surface area contributed by atoms with Crippen LogP contribution in [0.25, 0.3) is 0 Å². The molecule has 0 aliphatic heterocycles. The number of nitrogens with zero attached hydrogens (tertiary/aromatic N) is 1. The Morgan fingerprint density at radius 2 is 1.79 bits per heavy atom. The van der Waals surface area contributed by atoms with E-state index in [0.717, 1.165) is 0 Å². The van der Waals surface area contributed by atoms with Gasteiger partial charge in [-0.25, -0.2) is 4.39 Å². The lowest BCUT2D eigenvalue weighted by Gasteiger charge is -2.57. The first-order chi connectivity index (χ1) is 12.4. The zero-order valence-electron chi connectivity index (χ0n) is 18.5. The number of aromatic nitrogens is 1. The molecule has 0 radical (unpaired) electrons. The molecule has 1 N–H and O–H groups in total. The van der Waals surface area contributed by atoms with E-state index in [4.69, 9.17) is 4.43 Å². The third-order valence-corrected chi connectivity index (χ3v) is 12.5. The molecule has 0 saturated heterocycles. The van der Waals surface area contributed by atoms with Gasteiger partial charge in [-0.1, -0.05) is 20.8 Å². The second-order valence-electron chi connectivity index (χ2n) is 10.7. The van der Waals surface area contributed by atoms with Crippen LogP contribution >= 0.6 is 15.9 Å². The highest BCUT2D eigenvalue weighted by Crippen LogP contribution is 2.54. The number of pyridine rings is 1. The molecular formula is C20H34BrFN2O2SSi. The number of halogens is 2. The van der Waals surface area contributed by atoms with E-state index < -0.39 is 41.4 Å². The number of nitrogens with one attached hydrogen (secondary N) is 1. The Morgan fingerprint density at radius 3 is 2.21 bits per heavy atom. The van der Waals surface area contributed by atoms with Gasteiger partial charge in [-0.2, -0.15) is 0 Å². The van der Waals surface area contributed by atoms with E-state index in [1.54, 1.807) is 6.20 Å². The number of hydrogen-bond acceptors (Lipinski definition) is 4. The van der Waals surface area contributed by atoms with Crippen LogP contribution in [0.1, 0.15) is 67.0 Å². The summed E-state index contributed by atoms with van der Waals surface area (Å²) < 4.78 is 37.7. The van der Waals surface area contributed by atoms with E-state index in [-0.39, 0.29) is 5.04 Å². The first-order valence-electron chi connectivity index (χ1n) is 9.62. The highest BCUT2D eigenvalue weighted by Gasteiger charge is 2.61. The molecule has 8 heteroatoms. The third-order valence-electron chi connectivity index (χ3n) is 5.76. The molecule has 0 aromatic carbocycles. The first-order valence-corrected chi connectivity index (χ1v) is 14.5. The van der Waals surface area contributed by atoms with Crippen molar-refractivity contribution in [3.05, 3.63) is 28.2 Å². The van der Waals surface area contributed by atoms with Gasteiger partial charge in [-0.05, 0) is 67.8 Å². The summed E-state index contributed by atoms with van der Waals surface area (Å²) in [4.78, 5) is 4.35. The Bertz CT molecular complexity index is 728. The first kappa shape index (κ1) is 24.3. The lowest BCUT2D eigenvalue weighted by atomic mass is 9.64. The SMILES string of the molecule is CC(C)(C)[S+]([O-])N[C@]1(c2ncc(Br)cc2F)C[C@](C)(O[Si](C)(C)C(C)(C)C)C1. The van der Waals surface area contributed by atoms with Crippen LogP contribution in [-0.2, 0) is 21.3 Å². The fraction of sp³-hybridized carbons (Fsp3) is 0.750. The summed E-state index contributed by atoms with van der Waals surface area (Å²) in [6, 6.07) is 1.41. The molecule has 0 bridgehead atoms. The molecule has 4 nitrogen and oxygen atoms in total. The van der Waals surface area contributed by atoms with E-state index in [9.17, 15) is 8.94 Å². The van der Waals surface area contributed by atoms with Gasteiger partial charge in [0.15, 0.2) is 8.32 Å². The van der Waals surface area contributed by atoms with Gasteiger partial charge in [0.2, 0.25) is 0 Å². The molecule has 1 saturated carbocycles. The molecule has 1 heterocycles. The normalized spacial score (nSPS) is 27.4. The van der Waals surface area contributed by atoms with Crippen molar-refractivity contribution in [3.8, 4) is 0 Å². The third kappa shape index (κ3) is 5.00. The predicted octanol–water partition coefficient (Wildman–Crippen LogP) is 5.80. The molecule has 1 aromatic rings. The number of hydrogen-bond donors (Lipinski definition) is 1. The Kier molecular flexibility index (Phi) is 6.59. The van der Waals surface area contributed by atoms with E-state index >= 15 is 0 Å². The molecule has 1 atom stereocenters. The second-order valence-corrected chi connectivity index (χ2v) is 18.3. The molecule has 0 amide bonds. The van der Waals surface area contributed by atoms with Crippen LogP contribution in [0, 0.1) is 5.82 Å². The minimum Gasteiger partial charge on any atom is -0.598 e. The molecule has 1 fully saturated rings. The molecule has 1 aliphatic rings. The fourth-order valence-corrected chi connectivity index (χ4v) is 6.34. The quantitative estimate of drug-likeness (QED) is 0.416. The van der Waals surface area contributed by atoms with E-state index in [2.05, 4.69) is 66.4 Å². The summed E-state index contributed by atoms with van der Waals surface area (Å²) in [5.41, 5.74) is -0.899. The lowest BCUT2D eigenvalue weighted by molar-refractivity contribution is -0.0720. The van der Waals surface area contributed by atoms with Crippen molar-refractivity contribution in [3.63, 3.8) is 0 Å². The summed E-state index contributed by atoms with van der Waals surface area (Å²) in [7, 11) is -2.00.